The van der Waals surface area contributed by atoms with Crippen LogP contribution in [0, 0.1) is 18.6 Å². The maximum absolute atomic E-state index is 14.9. The Morgan fingerprint density at radius 2 is 1.87 bits per heavy atom. The molecule has 3 aromatic rings. The zero-order valence-electron chi connectivity index (χ0n) is 16.8. The van der Waals surface area contributed by atoms with E-state index in [1.165, 1.54) is 23.9 Å². The van der Waals surface area contributed by atoms with Gasteiger partial charge in [-0.05, 0) is 68.0 Å². The van der Waals surface area contributed by atoms with Crippen molar-refractivity contribution >= 4 is 5.91 Å². The summed E-state index contributed by atoms with van der Waals surface area (Å²) in [5.41, 5.74) is 3.67. The monoisotopic (exact) mass is 407 g/mol. The summed E-state index contributed by atoms with van der Waals surface area (Å²) in [6.07, 6.45) is 3.60. The lowest BCUT2D eigenvalue weighted by atomic mass is 9.78. The van der Waals surface area contributed by atoms with Crippen LogP contribution in [0.4, 0.5) is 8.78 Å². The number of piperidine rings is 1. The fourth-order valence-corrected chi connectivity index (χ4v) is 5.00. The Morgan fingerprint density at radius 1 is 1.10 bits per heavy atom. The molecule has 154 valence electrons. The van der Waals surface area contributed by atoms with Gasteiger partial charge in [-0.25, -0.2) is 13.8 Å². The fourth-order valence-electron chi connectivity index (χ4n) is 5.00. The molecular weight excluding hydrogens is 384 g/mol. The van der Waals surface area contributed by atoms with Crippen molar-refractivity contribution in [3.63, 3.8) is 0 Å². The first-order valence-electron chi connectivity index (χ1n) is 10.4. The van der Waals surface area contributed by atoms with Gasteiger partial charge in [0.25, 0.3) is 5.91 Å². The number of aromatic nitrogens is 2. The van der Waals surface area contributed by atoms with Crippen LogP contribution in [0.3, 0.4) is 0 Å². The van der Waals surface area contributed by atoms with Crippen molar-refractivity contribution in [3.8, 4) is 11.1 Å². The van der Waals surface area contributed by atoms with Gasteiger partial charge < -0.3 is 9.88 Å². The maximum Gasteiger partial charge on any atom is 0.257 e. The summed E-state index contributed by atoms with van der Waals surface area (Å²) in [4.78, 5) is 23.2. The van der Waals surface area contributed by atoms with Gasteiger partial charge in [0.1, 0.15) is 17.5 Å². The van der Waals surface area contributed by atoms with E-state index in [1.807, 2.05) is 11.8 Å². The highest BCUT2D eigenvalue weighted by atomic mass is 19.1. The summed E-state index contributed by atoms with van der Waals surface area (Å²) < 4.78 is 28.1. The highest BCUT2D eigenvalue weighted by Gasteiger charge is 2.40. The van der Waals surface area contributed by atoms with E-state index in [9.17, 15) is 13.6 Å². The molecule has 2 aromatic carbocycles. The number of imidazole rings is 1. The second-order valence-corrected chi connectivity index (χ2v) is 8.24. The number of hydrogen-bond donors (Lipinski definition) is 1. The van der Waals surface area contributed by atoms with Crippen LogP contribution in [0.2, 0.25) is 0 Å². The number of rotatable bonds is 2. The van der Waals surface area contributed by atoms with Crippen LogP contribution in [-0.4, -0.2) is 33.4 Å². The van der Waals surface area contributed by atoms with E-state index in [0.717, 1.165) is 37.2 Å². The van der Waals surface area contributed by atoms with E-state index >= 15 is 0 Å². The first-order chi connectivity index (χ1) is 14.5. The van der Waals surface area contributed by atoms with Crippen LogP contribution >= 0.6 is 0 Å². The summed E-state index contributed by atoms with van der Waals surface area (Å²) in [5.74, 6) is -0.0301. The van der Waals surface area contributed by atoms with Crippen molar-refractivity contribution in [2.45, 2.75) is 44.6 Å². The molecule has 1 aliphatic carbocycles. The molecule has 2 aliphatic rings. The molecule has 1 saturated heterocycles. The highest BCUT2D eigenvalue weighted by molar-refractivity contribution is 5.95. The lowest BCUT2D eigenvalue weighted by molar-refractivity contribution is 0.0538. The second kappa shape index (κ2) is 7.35. The standard InChI is InChI=1S/C24H23F2N3O/c1-14-27-21-10-11-22-19(23(21)28-14)3-2-12-29(22)24(30)18-9-6-16(13-20(18)26)15-4-7-17(25)8-5-15/h4-9,13,19,22H,2-3,10-12H2,1H3,(H,27,28)/t19-,22-/m1/s1. The predicted octanol–water partition coefficient (Wildman–Crippen LogP) is 5.00. The first-order valence-corrected chi connectivity index (χ1v) is 10.4. The van der Waals surface area contributed by atoms with Gasteiger partial charge in [-0.3, -0.25) is 4.79 Å². The number of fused-ring (bicyclic) bond motifs is 3. The molecule has 0 radical (unpaired) electrons. The summed E-state index contributed by atoms with van der Waals surface area (Å²) in [7, 11) is 0. The molecule has 1 aliphatic heterocycles. The van der Waals surface area contributed by atoms with Crippen molar-refractivity contribution in [2.24, 2.45) is 0 Å². The van der Waals surface area contributed by atoms with E-state index < -0.39 is 5.82 Å². The Balaban J connectivity index is 1.42. The van der Waals surface area contributed by atoms with Crippen molar-refractivity contribution < 1.29 is 13.6 Å². The van der Waals surface area contributed by atoms with Crippen LogP contribution in [-0.2, 0) is 6.42 Å². The molecule has 0 unspecified atom stereocenters. The van der Waals surface area contributed by atoms with Gasteiger partial charge in [0.05, 0.1) is 11.3 Å². The van der Waals surface area contributed by atoms with Gasteiger partial charge in [0.2, 0.25) is 0 Å². The fraction of sp³-hybridized carbons (Fsp3) is 0.333. The van der Waals surface area contributed by atoms with E-state index in [1.54, 1.807) is 24.3 Å². The van der Waals surface area contributed by atoms with Crippen molar-refractivity contribution in [1.82, 2.24) is 14.9 Å². The summed E-state index contributed by atoms with van der Waals surface area (Å²) in [6, 6.07) is 10.6. The number of aryl methyl sites for hydroxylation is 2. The molecule has 5 rings (SSSR count). The number of nitrogens with one attached hydrogen (secondary N) is 1. The zero-order chi connectivity index (χ0) is 20.8. The summed E-state index contributed by atoms with van der Waals surface area (Å²) in [5, 5.41) is 0. The van der Waals surface area contributed by atoms with Gasteiger partial charge in [0.15, 0.2) is 0 Å². The number of benzene rings is 2. The molecule has 1 N–H and O–H groups in total. The second-order valence-electron chi connectivity index (χ2n) is 8.24. The molecule has 1 fully saturated rings. The van der Waals surface area contributed by atoms with Gasteiger partial charge in [0, 0.05) is 24.2 Å². The molecule has 2 atom stereocenters. The van der Waals surface area contributed by atoms with Gasteiger partial charge in [-0.1, -0.05) is 18.2 Å². The molecule has 0 spiro atoms. The Morgan fingerprint density at radius 3 is 2.63 bits per heavy atom. The van der Waals surface area contributed by atoms with Gasteiger partial charge in [-0.2, -0.15) is 0 Å². The third-order valence-corrected chi connectivity index (χ3v) is 6.39. The summed E-state index contributed by atoms with van der Waals surface area (Å²) in [6.45, 7) is 2.59. The van der Waals surface area contributed by atoms with Crippen molar-refractivity contribution in [3.05, 3.63) is 76.9 Å². The molecule has 6 heteroatoms. The number of halogens is 2. The lowest BCUT2D eigenvalue weighted by Crippen LogP contribution is -2.49. The smallest absolute Gasteiger partial charge is 0.257 e. The van der Waals surface area contributed by atoms with Crippen LogP contribution < -0.4 is 0 Å². The SMILES string of the molecule is Cc1nc2c([nH]1)CC[C@@H]1[C@H]2CCCN1C(=O)c1ccc(-c2ccc(F)cc2)cc1F. The number of likely N-dealkylation sites (tertiary alicyclic amines) is 1. The van der Waals surface area contributed by atoms with Crippen LogP contribution in [0.5, 0.6) is 0 Å². The van der Waals surface area contributed by atoms with Gasteiger partial charge in [-0.15, -0.1) is 0 Å². The molecule has 30 heavy (non-hydrogen) atoms. The Hall–Kier alpha value is -3.02. The average Bonchev–Trinajstić information content (AvgIpc) is 3.14. The predicted molar refractivity (Wildman–Crippen MR) is 110 cm³/mol. The Bertz CT molecular complexity index is 1110. The van der Waals surface area contributed by atoms with Gasteiger partial charge >= 0.3 is 0 Å². The van der Waals surface area contributed by atoms with Crippen LogP contribution in [0.25, 0.3) is 11.1 Å². The van der Waals surface area contributed by atoms with Crippen LogP contribution in [0.15, 0.2) is 42.5 Å². The summed E-state index contributed by atoms with van der Waals surface area (Å²) >= 11 is 0. The normalized spacial score (nSPS) is 20.6. The number of aromatic amines is 1. The first kappa shape index (κ1) is 19.0. The third kappa shape index (κ3) is 3.20. The minimum atomic E-state index is -0.545. The van der Waals surface area contributed by atoms with Crippen molar-refractivity contribution in [2.75, 3.05) is 6.54 Å². The van der Waals surface area contributed by atoms with E-state index in [4.69, 9.17) is 0 Å². The molecule has 0 saturated carbocycles. The number of H-pyrrole nitrogens is 1. The molecule has 4 nitrogen and oxygen atoms in total. The minimum Gasteiger partial charge on any atom is -0.346 e. The number of carbonyl (C=O) groups excluding carboxylic acids is 1. The molecule has 2 heterocycles. The maximum atomic E-state index is 14.9. The molecule has 1 aromatic heterocycles. The molecule has 0 bridgehead atoms. The van der Waals surface area contributed by atoms with E-state index in [-0.39, 0.29) is 29.2 Å². The van der Waals surface area contributed by atoms with E-state index in [0.29, 0.717) is 17.7 Å². The molecule has 1 amide bonds. The Labute approximate surface area is 173 Å². The van der Waals surface area contributed by atoms with Crippen molar-refractivity contribution in [1.29, 1.82) is 0 Å². The average molecular weight is 407 g/mol. The zero-order valence-corrected chi connectivity index (χ0v) is 16.8. The highest BCUT2D eigenvalue weighted by Crippen LogP contribution is 2.40. The van der Waals surface area contributed by atoms with Crippen LogP contribution in [0.1, 0.15) is 52.8 Å². The van der Waals surface area contributed by atoms with E-state index in [2.05, 4.69) is 9.97 Å². The minimum absolute atomic E-state index is 0.0534. The number of amides is 1. The number of nitrogens with zero attached hydrogens (tertiary/aromatic N) is 2. The lowest BCUT2D eigenvalue weighted by Gasteiger charge is -2.43. The Kier molecular flexibility index (Phi) is 4.65. The molecular formula is C24H23F2N3O. The topological polar surface area (TPSA) is 49.0 Å². The number of hydrogen-bond acceptors (Lipinski definition) is 2. The third-order valence-electron chi connectivity index (χ3n) is 6.39. The largest absolute Gasteiger partial charge is 0.346 e. The quantitative estimate of drug-likeness (QED) is 0.650. The number of carbonyl (C=O) groups is 1.